The third-order valence-electron chi connectivity index (χ3n) is 2.24. The van der Waals surface area contributed by atoms with Crippen LogP contribution in [0.1, 0.15) is 20.9 Å². The third kappa shape index (κ3) is 3.06. The Kier molecular flexibility index (Phi) is 3.91. The van der Waals surface area contributed by atoms with Crippen LogP contribution >= 0.6 is 11.3 Å². The van der Waals surface area contributed by atoms with Crippen molar-refractivity contribution < 1.29 is 14.6 Å². The maximum absolute atomic E-state index is 11.6. The Morgan fingerprint density at radius 3 is 2.89 bits per heavy atom. The summed E-state index contributed by atoms with van der Waals surface area (Å²) in [6, 6.07) is 7.20. The molecular weight excluding hydrogens is 252 g/mol. The van der Waals surface area contributed by atoms with Gasteiger partial charge in [-0.15, -0.1) is 11.3 Å². The molecule has 0 radical (unpaired) electrons. The molecular formula is C12H12N2O3S. The van der Waals surface area contributed by atoms with Crippen LogP contribution in [0, 0.1) is 0 Å². The molecule has 94 valence electrons. The number of hydrogen-bond acceptors (Lipinski definition) is 6. The first kappa shape index (κ1) is 12.5. The Morgan fingerprint density at radius 2 is 2.22 bits per heavy atom. The molecule has 18 heavy (non-hydrogen) atoms. The molecule has 0 aliphatic carbocycles. The summed E-state index contributed by atoms with van der Waals surface area (Å²) in [6.45, 7) is 0.108. The molecule has 6 heteroatoms. The second-order valence-corrected chi connectivity index (χ2v) is 4.49. The van der Waals surface area contributed by atoms with Crippen molar-refractivity contribution in [2.75, 3.05) is 5.73 Å². The highest BCUT2D eigenvalue weighted by Gasteiger charge is 2.11. The largest absolute Gasteiger partial charge is 0.455 e. The van der Waals surface area contributed by atoms with Gasteiger partial charge >= 0.3 is 5.97 Å². The predicted molar refractivity (Wildman–Crippen MR) is 68.0 cm³/mol. The van der Waals surface area contributed by atoms with E-state index in [9.17, 15) is 4.79 Å². The zero-order valence-electron chi connectivity index (χ0n) is 9.50. The van der Waals surface area contributed by atoms with Crippen LogP contribution in [0.4, 0.5) is 5.82 Å². The number of esters is 1. The monoisotopic (exact) mass is 264 g/mol. The highest BCUT2D eigenvalue weighted by molar-refractivity contribution is 7.12. The zero-order valence-corrected chi connectivity index (χ0v) is 10.3. The summed E-state index contributed by atoms with van der Waals surface area (Å²) < 4.78 is 5.10. The summed E-state index contributed by atoms with van der Waals surface area (Å²) in [4.78, 5) is 15.4. The molecule has 2 rings (SSSR count). The molecule has 0 aliphatic rings. The number of aliphatic hydroxyl groups is 1. The van der Waals surface area contributed by atoms with Gasteiger partial charge in [0, 0.05) is 5.38 Å². The number of carbonyl (C=O) groups excluding carboxylic acids is 1. The lowest BCUT2D eigenvalue weighted by atomic mass is 10.1. The lowest BCUT2D eigenvalue weighted by molar-refractivity contribution is 0.0472. The fourth-order valence-electron chi connectivity index (χ4n) is 1.41. The van der Waals surface area contributed by atoms with E-state index in [-0.39, 0.29) is 18.2 Å². The maximum atomic E-state index is 11.6. The molecule has 0 spiro atoms. The fourth-order valence-corrected chi connectivity index (χ4v) is 2.01. The van der Waals surface area contributed by atoms with Crippen LogP contribution in [0.3, 0.4) is 0 Å². The molecule has 5 nitrogen and oxygen atoms in total. The van der Waals surface area contributed by atoms with Gasteiger partial charge in [-0.2, -0.15) is 0 Å². The van der Waals surface area contributed by atoms with Crippen LogP contribution in [0.5, 0.6) is 0 Å². The molecule has 0 saturated heterocycles. The second-order valence-electron chi connectivity index (χ2n) is 3.63. The number of carbonyl (C=O) groups is 1. The van der Waals surface area contributed by atoms with E-state index in [4.69, 9.17) is 15.6 Å². The number of anilines is 1. The number of rotatable bonds is 4. The molecule has 0 aliphatic heterocycles. The molecule has 0 bridgehead atoms. The Hall–Kier alpha value is -1.92. The number of nitrogen functional groups attached to an aromatic ring is 1. The van der Waals surface area contributed by atoms with Gasteiger partial charge in [-0.25, -0.2) is 9.78 Å². The normalized spacial score (nSPS) is 10.3. The molecule has 0 amide bonds. The molecule has 1 heterocycles. The van der Waals surface area contributed by atoms with Gasteiger partial charge in [0.1, 0.15) is 12.4 Å². The summed E-state index contributed by atoms with van der Waals surface area (Å²) in [7, 11) is 0. The van der Waals surface area contributed by atoms with Crippen molar-refractivity contribution in [3.63, 3.8) is 0 Å². The van der Waals surface area contributed by atoms with Gasteiger partial charge in [0.2, 0.25) is 5.01 Å². The number of benzene rings is 1. The molecule has 0 fully saturated rings. The van der Waals surface area contributed by atoms with Crippen molar-refractivity contribution in [3.8, 4) is 0 Å². The van der Waals surface area contributed by atoms with Gasteiger partial charge in [0.15, 0.2) is 0 Å². The number of ether oxygens (including phenoxy) is 1. The van der Waals surface area contributed by atoms with E-state index in [0.29, 0.717) is 5.82 Å². The average molecular weight is 264 g/mol. The van der Waals surface area contributed by atoms with E-state index in [1.807, 2.05) is 6.07 Å². The minimum atomic E-state index is -0.494. The molecule has 0 saturated carbocycles. The topological polar surface area (TPSA) is 85.4 Å². The number of aliphatic hydroxyl groups excluding tert-OH is 1. The quantitative estimate of drug-likeness (QED) is 0.819. The fraction of sp³-hybridized carbons (Fsp3) is 0.167. The summed E-state index contributed by atoms with van der Waals surface area (Å²) in [5.41, 5.74) is 7.02. The van der Waals surface area contributed by atoms with Crippen LogP contribution < -0.4 is 5.73 Å². The Labute approximate surface area is 108 Å². The van der Waals surface area contributed by atoms with E-state index in [1.165, 1.54) is 0 Å². The number of thiazole rings is 1. The molecule has 3 N–H and O–H groups in total. The average Bonchev–Trinajstić information content (AvgIpc) is 2.83. The van der Waals surface area contributed by atoms with Crippen molar-refractivity contribution in [2.24, 2.45) is 0 Å². The highest BCUT2D eigenvalue weighted by atomic mass is 32.1. The van der Waals surface area contributed by atoms with E-state index in [0.717, 1.165) is 22.5 Å². The summed E-state index contributed by atoms with van der Waals surface area (Å²) >= 11 is 1.15. The van der Waals surface area contributed by atoms with Gasteiger partial charge in [-0.3, -0.25) is 0 Å². The number of nitrogens with zero attached hydrogens (tertiary/aromatic N) is 1. The third-order valence-corrected chi connectivity index (χ3v) is 3.08. The van der Waals surface area contributed by atoms with Crippen LogP contribution in [-0.2, 0) is 18.0 Å². The summed E-state index contributed by atoms with van der Waals surface area (Å²) in [5, 5.41) is 10.8. The lowest BCUT2D eigenvalue weighted by Crippen LogP contribution is -2.05. The minimum absolute atomic E-state index is 0.0369. The SMILES string of the molecule is Nc1csc(C(=O)OCc2cccc(CO)c2)n1. The van der Waals surface area contributed by atoms with Gasteiger partial charge in [0.25, 0.3) is 0 Å². The predicted octanol–water partition coefficient (Wildman–Crippen LogP) is 1.57. The first-order valence-corrected chi connectivity index (χ1v) is 6.14. The molecule has 2 aromatic rings. The van der Waals surface area contributed by atoms with Crippen LogP contribution in [0.2, 0.25) is 0 Å². The minimum Gasteiger partial charge on any atom is -0.455 e. The van der Waals surface area contributed by atoms with Crippen LogP contribution in [0.15, 0.2) is 29.6 Å². The molecule has 0 atom stereocenters. The summed E-state index contributed by atoms with van der Waals surface area (Å²) in [5.74, 6) is -0.180. The van der Waals surface area contributed by atoms with E-state index >= 15 is 0 Å². The molecule has 1 aromatic carbocycles. The van der Waals surface area contributed by atoms with Crippen molar-refractivity contribution in [1.29, 1.82) is 0 Å². The van der Waals surface area contributed by atoms with E-state index < -0.39 is 5.97 Å². The van der Waals surface area contributed by atoms with E-state index in [2.05, 4.69) is 4.98 Å². The summed E-state index contributed by atoms with van der Waals surface area (Å²) in [6.07, 6.45) is 0. The van der Waals surface area contributed by atoms with Crippen molar-refractivity contribution in [3.05, 3.63) is 45.8 Å². The zero-order chi connectivity index (χ0) is 13.0. The Morgan fingerprint density at radius 1 is 1.44 bits per heavy atom. The number of hydrogen-bond donors (Lipinski definition) is 2. The van der Waals surface area contributed by atoms with Gasteiger partial charge in [-0.05, 0) is 11.1 Å². The molecule has 1 aromatic heterocycles. The van der Waals surface area contributed by atoms with Crippen molar-refractivity contribution in [1.82, 2.24) is 4.98 Å². The van der Waals surface area contributed by atoms with Gasteiger partial charge in [0.05, 0.1) is 6.61 Å². The van der Waals surface area contributed by atoms with Crippen molar-refractivity contribution >= 4 is 23.1 Å². The van der Waals surface area contributed by atoms with Gasteiger partial charge < -0.3 is 15.6 Å². The van der Waals surface area contributed by atoms with Crippen LogP contribution in [0.25, 0.3) is 0 Å². The van der Waals surface area contributed by atoms with E-state index in [1.54, 1.807) is 23.6 Å². The second kappa shape index (κ2) is 5.61. The van der Waals surface area contributed by atoms with Crippen molar-refractivity contribution in [2.45, 2.75) is 13.2 Å². The number of aromatic nitrogens is 1. The van der Waals surface area contributed by atoms with Crippen LogP contribution in [-0.4, -0.2) is 16.1 Å². The van der Waals surface area contributed by atoms with Gasteiger partial charge in [-0.1, -0.05) is 24.3 Å². The standard InChI is InChI=1S/C12H12N2O3S/c13-10-7-18-11(14-10)12(16)17-6-9-3-1-2-8(4-9)5-15/h1-4,7,15H,5-6,13H2. The maximum Gasteiger partial charge on any atom is 0.367 e. The molecule has 0 unspecified atom stereocenters. The first-order valence-electron chi connectivity index (χ1n) is 5.26. The Balaban J connectivity index is 1.97. The smallest absolute Gasteiger partial charge is 0.367 e. The first-order chi connectivity index (χ1) is 8.69. The number of nitrogens with two attached hydrogens (primary N) is 1. The highest BCUT2D eigenvalue weighted by Crippen LogP contribution is 2.13. The lowest BCUT2D eigenvalue weighted by Gasteiger charge is -2.04. The Bertz CT molecular complexity index is 554.